The molecule has 1 heterocycles. The molecule has 0 saturated carbocycles. The van der Waals surface area contributed by atoms with Gasteiger partial charge in [-0.1, -0.05) is 182 Å². The summed E-state index contributed by atoms with van der Waals surface area (Å²) < 4.78 is 2.67. The van der Waals surface area contributed by atoms with E-state index in [0.717, 1.165) is 6.42 Å². The Morgan fingerprint density at radius 1 is 0.362 bits per heavy atom. The Balaban J connectivity index is 0.922. The van der Waals surface area contributed by atoms with Gasteiger partial charge in [0, 0.05) is 20.2 Å². The topological polar surface area (TPSA) is 0 Å². The van der Waals surface area contributed by atoms with Crippen molar-refractivity contribution in [2.75, 3.05) is 0 Å². The maximum absolute atomic E-state index is 2.41. The van der Waals surface area contributed by atoms with Crippen molar-refractivity contribution < 1.29 is 0 Å². The van der Waals surface area contributed by atoms with Gasteiger partial charge < -0.3 is 0 Å². The molecular formula is C57H38S. The molecule has 1 heteroatoms. The van der Waals surface area contributed by atoms with Gasteiger partial charge in [-0.2, -0.15) is 0 Å². The third-order valence-corrected chi connectivity index (χ3v) is 12.9. The Kier molecular flexibility index (Phi) is 8.53. The van der Waals surface area contributed by atoms with Crippen LogP contribution in [0.15, 0.2) is 212 Å². The van der Waals surface area contributed by atoms with Gasteiger partial charge in [-0.05, 0) is 131 Å². The third kappa shape index (κ3) is 6.36. The molecule has 0 amide bonds. The minimum atomic E-state index is 0.829. The highest BCUT2D eigenvalue weighted by Gasteiger charge is 2.13. The molecule has 10 aromatic carbocycles. The molecule has 0 bridgehead atoms. The van der Waals surface area contributed by atoms with Crippen molar-refractivity contribution in [2.45, 2.75) is 6.42 Å². The van der Waals surface area contributed by atoms with Crippen LogP contribution in [-0.2, 0) is 6.42 Å². The molecule has 0 saturated heterocycles. The molecule has 272 valence electrons. The van der Waals surface area contributed by atoms with Gasteiger partial charge in [0.25, 0.3) is 0 Å². The Morgan fingerprint density at radius 3 is 1.64 bits per heavy atom. The number of rotatable bonds is 7. The molecule has 0 aliphatic carbocycles. The molecule has 0 unspecified atom stereocenters. The van der Waals surface area contributed by atoms with E-state index in [1.807, 2.05) is 11.3 Å². The van der Waals surface area contributed by atoms with Gasteiger partial charge in [-0.3, -0.25) is 0 Å². The zero-order valence-electron chi connectivity index (χ0n) is 31.9. The average Bonchev–Trinajstić information content (AvgIpc) is 3.67. The zero-order valence-corrected chi connectivity index (χ0v) is 32.7. The number of thiophene rings is 1. The van der Waals surface area contributed by atoms with Crippen LogP contribution in [0.4, 0.5) is 0 Å². The lowest BCUT2D eigenvalue weighted by Gasteiger charge is -2.14. The second kappa shape index (κ2) is 14.5. The van der Waals surface area contributed by atoms with Crippen LogP contribution in [0.3, 0.4) is 0 Å². The van der Waals surface area contributed by atoms with Crippen LogP contribution >= 0.6 is 11.3 Å². The molecule has 0 spiro atoms. The first kappa shape index (κ1) is 34.2. The smallest absolute Gasteiger partial charge is 0.0355 e. The van der Waals surface area contributed by atoms with E-state index in [1.165, 1.54) is 108 Å². The van der Waals surface area contributed by atoms with E-state index >= 15 is 0 Å². The summed E-state index contributed by atoms with van der Waals surface area (Å²) in [5.41, 5.74) is 12.6. The molecule has 1 aromatic heterocycles. The average molecular weight is 755 g/mol. The number of hydrogen-bond acceptors (Lipinski definition) is 1. The summed E-state index contributed by atoms with van der Waals surface area (Å²) in [6.07, 6.45) is 3.24. The molecule has 11 rings (SSSR count). The first-order valence-corrected chi connectivity index (χ1v) is 20.8. The van der Waals surface area contributed by atoms with Gasteiger partial charge in [0.05, 0.1) is 0 Å². The van der Waals surface area contributed by atoms with Gasteiger partial charge in [0.1, 0.15) is 0 Å². The van der Waals surface area contributed by atoms with Crippen LogP contribution in [0.2, 0.25) is 0 Å². The first-order valence-electron chi connectivity index (χ1n) is 20.0. The van der Waals surface area contributed by atoms with Gasteiger partial charge in [0.15, 0.2) is 0 Å². The van der Waals surface area contributed by atoms with Crippen molar-refractivity contribution in [1.29, 1.82) is 0 Å². The van der Waals surface area contributed by atoms with Crippen LogP contribution < -0.4 is 0 Å². The van der Waals surface area contributed by atoms with E-state index in [1.54, 1.807) is 0 Å². The van der Waals surface area contributed by atoms with Gasteiger partial charge in [-0.15, -0.1) is 11.3 Å². The minimum absolute atomic E-state index is 0.829. The Labute approximate surface area is 342 Å². The van der Waals surface area contributed by atoms with Gasteiger partial charge in [0.2, 0.25) is 0 Å². The van der Waals surface area contributed by atoms with E-state index in [2.05, 4.69) is 218 Å². The van der Waals surface area contributed by atoms with Crippen LogP contribution in [0.25, 0.3) is 97.5 Å². The van der Waals surface area contributed by atoms with Crippen molar-refractivity contribution in [3.63, 3.8) is 0 Å². The molecule has 0 fully saturated rings. The van der Waals surface area contributed by atoms with Crippen LogP contribution in [0.1, 0.15) is 16.7 Å². The first-order chi connectivity index (χ1) is 28.7. The van der Waals surface area contributed by atoms with E-state index in [0.29, 0.717) is 0 Å². The minimum Gasteiger partial charge on any atom is -0.135 e. The fraction of sp³-hybridized carbons (Fsp3) is 0.0175. The highest BCUT2D eigenvalue weighted by atomic mass is 32.1. The summed E-state index contributed by atoms with van der Waals surface area (Å²) in [6, 6.07) is 78.1. The van der Waals surface area contributed by atoms with Crippen molar-refractivity contribution in [3.8, 4) is 33.4 Å². The molecule has 0 radical (unpaired) electrons. The summed E-state index contributed by atoms with van der Waals surface area (Å²) in [7, 11) is 0. The number of allylic oxidation sites excluding steroid dienone is 1. The molecule has 58 heavy (non-hydrogen) atoms. The lowest BCUT2D eigenvalue weighted by molar-refractivity contribution is 1.30. The van der Waals surface area contributed by atoms with E-state index in [9.17, 15) is 0 Å². The monoisotopic (exact) mass is 754 g/mol. The maximum atomic E-state index is 2.41. The largest absolute Gasteiger partial charge is 0.135 e. The number of benzene rings is 10. The zero-order chi connectivity index (χ0) is 38.4. The van der Waals surface area contributed by atoms with Crippen molar-refractivity contribution in [2.24, 2.45) is 0 Å². The van der Waals surface area contributed by atoms with Gasteiger partial charge >= 0.3 is 0 Å². The predicted molar refractivity (Wildman–Crippen MR) is 253 cm³/mol. The maximum Gasteiger partial charge on any atom is 0.0355 e. The highest BCUT2D eigenvalue weighted by molar-refractivity contribution is 7.25. The molecule has 0 atom stereocenters. The Bertz CT molecular complexity index is 3350. The molecule has 0 aliphatic heterocycles. The normalized spacial score (nSPS) is 12.0. The molecule has 0 N–H and O–H groups in total. The van der Waals surface area contributed by atoms with E-state index < -0.39 is 0 Å². The van der Waals surface area contributed by atoms with Gasteiger partial charge in [-0.25, -0.2) is 0 Å². The summed E-state index contributed by atoms with van der Waals surface area (Å²) >= 11 is 1.87. The Hall–Kier alpha value is -7.06. The van der Waals surface area contributed by atoms with Crippen LogP contribution in [0.5, 0.6) is 0 Å². The SMILES string of the molecule is C(=C(\Cc1ccc2cc(-c3ccc4cc(-c5ccccc5)ccc4c3)ccc2c1)c1ccccc1)/c1ccc(-c2ccc3sc4ccccc4c3c2)c2ccccc12. The Morgan fingerprint density at radius 2 is 0.914 bits per heavy atom. The quantitative estimate of drug-likeness (QED) is 0.142. The van der Waals surface area contributed by atoms with Crippen molar-refractivity contribution in [1.82, 2.24) is 0 Å². The van der Waals surface area contributed by atoms with Crippen molar-refractivity contribution >= 4 is 75.5 Å². The fourth-order valence-electron chi connectivity index (χ4n) is 8.71. The molecule has 0 aliphatic rings. The lowest BCUT2D eigenvalue weighted by atomic mass is 9.90. The summed E-state index contributed by atoms with van der Waals surface area (Å²) in [4.78, 5) is 0. The van der Waals surface area contributed by atoms with Crippen molar-refractivity contribution in [3.05, 3.63) is 229 Å². The third-order valence-electron chi connectivity index (χ3n) is 11.7. The van der Waals surface area contributed by atoms with E-state index in [4.69, 9.17) is 0 Å². The van der Waals surface area contributed by atoms with Crippen LogP contribution in [0, 0.1) is 0 Å². The number of hydrogen-bond donors (Lipinski definition) is 0. The lowest BCUT2D eigenvalue weighted by Crippen LogP contribution is -1.93. The summed E-state index contributed by atoms with van der Waals surface area (Å²) in [6.45, 7) is 0. The number of fused-ring (bicyclic) bond motifs is 6. The molecular weight excluding hydrogens is 717 g/mol. The summed E-state index contributed by atoms with van der Waals surface area (Å²) in [5, 5.41) is 10.2. The standard InChI is InChI=1S/C57H38S/c1-3-11-39(12-4-1)42-22-24-46-35-47(26-25-44(46)33-42)45-23-21-41-31-38(19-20-43(41)34-45)32-50(40-13-5-2-6-14-40)36-48-27-29-52(53-16-8-7-15-51(48)53)49-28-30-57-55(37-49)54-17-9-10-18-56(54)58-57/h1-31,33-37H,32H2/b50-36-. The fourth-order valence-corrected chi connectivity index (χ4v) is 9.80. The second-order valence-corrected chi connectivity index (χ2v) is 16.4. The molecule has 11 aromatic rings. The predicted octanol–water partition coefficient (Wildman–Crippen LogP) is 16.3. The highest BCUT2D eigenvalue weighted by Crippen LogP contribution is 2.39. The van der Waals surface area contributed by atoms with E-state index in [-0.39, 0.29) is 0 Å². The van der Waals surface area contributed by atoms with Crippen LogP contribution in [-0.4, -0.2) is 0 Å². The molecule has 0 nitrogen and oxygen atoms in total. The second-order valence-electron chi connectivity index (χ2n) is 15.3. The summed E-state index contributed by atoms with van der Waals surface area (Å²) in [5.74, 6) is 0.